The minimum atomic E-state index is -3.73. The van der Waals surface area contributed by atoms with E-state index in [2.05, 4.69) is 9.71 Å². The fourth-order valence-electron chi connectivity index (χ4n) is 3.36. The summed E-state index contributed by atoms with van der Waals surface area (Å²) in [5, 5.41) is 0. The van der Waals surface area contributed by atoms with E-state index >= 15 is 0 Å². The van der Waals surface area contributed by atoms with E-state index in [1.165, 1.54) is 0 Å². The first-order chi connectivity index (χ1) is 14.4. The Morgan fingerprint density at radius 2 is 1.87 bits per heavy atom. The molecule has 4 aromatic rings. The molecular formula is C23H23N3O3S. The van der Waals surface area contributed by atoms with E-state index in [0.29, 0.717) is 18.0 Å². The van der Waals surface area contributed by atoms with Gasteiger partial charge < -0.3 is 9.14 Å². The minimum absolute atomic E-state index is 0.192. The van der Waals surface area contributed by atoms with Gasteiger partial charge in [-0.15, -0.1) is 0 Å². The topological polar surface area (TPSA) is 72.7 Å². The average molecular weight is 422 g/mol. The van der Waals surface area contributed by atoms with Crippen molar-refractivity contribution in [1.82, 2.24) is 9.38 Å². The molecule has 7 heteroatoms. The molecule has 0 spiro atoms. The van der Waals surface area contributed by atoms with Gasteiger partial charge >= 0.3 is 0 Å². The van der Waals surface area contributed by atoms with Gasteiger partial charge in [-0.1, -0.05) is 18.2 Å². The molecule has 0 fully saturated rings. The molecule has 4 rings (SSSR count). The Balaban J connectivity index is 1.63. The maximum Gasteiger partial charge on any atom is 0.261 e. The Morgan fingerprint density at radius 1 is 1.03 bits per heavy atom. The van der Waals surface area contributed by atoms with Crippen LogP contribution >= 0.6 is 0 Å². The van der Waals surface area contributed by atoms with Crippen molar-refractivity contribution in [2.45, 2.75) is 25.7 Å². The zero-order valence-electron chi connectivity index (χ0n) is 17.1. The molecular weight excluding hydrogens is 398 g/mol. The summed E-state index contributed by atoms with van der Waals surface area (Å²) in [6.45, 7) is 6.26. The van der Waals surface area contributed by atoms with E-state index in [4.69, 9.17) is 4.74 Å². The summed E-state index contributed by atoms with van der Waals surface area (Å²) in [7, 11) is -3.73. The third-order valence-electron chi connectivity index (χ3n) is 4.84. The minimum Gasteiger partial charge on any atom is -0.494 e. The number of aromatic nitrogens is 2. The van der Waals surface area contributed by atoms with Crippen LogP contribution in [0.3, 0.4) is 0 Å². The number of nitrogens with zero attached hydrogens (tertiary/aromatic N) is 2. The molecule has 0 bridgehead atoms. The molecule has 1 N–H and O–H groups in total. The third kappa shape index (κ3) is 3.89. The molecule has 0 aliphatic carbocycles. The van der Waals surface area contributed by atoms with Crippen molar-refractivity contribution in [2.75, 3.05) is 11.3 Å². The van der Waals surface area contributed by atoms with E-state index in [1.807, 2.05) is 61.8 Å². The first-order valence-electron chi connectivity index (χ1n) is 9.68. The van der Waals surface area contributed by atoms with Crippen LogP contribution in [-0.2, 0) is 10.0 Å². The van der Waals surface area contributed by atoms with Crippen LogP contribution in [-0.4, -0.2) is 24.4 Å². The number of aryl methyl sites for hydroxylation is 2. The van der Waals surface area contributed by atoms with Crippen molar-refractivity contribution in [2.24, 2.45) is 0 Å². The van der Waals surface area contributed by atoms with Gasteiger partial charge in [0.2, 0.25) is 0 Å². The molecule has 0 amide bonds. The second-order valence-electron chi connectivity index (χ2n) is 7.09. The van der Waals surface area contributed by atoms with E-state index in [9.17, 15) is 8.42 Å². The smallest absolute Gasteiger partial charge is 0.261 e. The number of ether oxygens (including phenoxy) is 1. The summed E-state index contributed by atoms with van der Waals surface area (Å²) in [4.78, 5) is 4.88. The monoisotopic (exact) mass is 421 g/mol. The van der Waals surface area contributed by atoms with Gasteiger partial charge in [0.25, 0.3) is 10.0 Å². The number of benzene rings is 2. The number of rotatable bonds is 6. The van der Waals surface area contributed by atoms with E-state index in [1.54, 1.807) is 30.3 Å². The Bertz CT molecular complexity index is 1330. The van der Waals surface area contributed by atoms with Crippen molar-refractivity contribution < 1.29 is 13.2 Å². The van der Waals surface area contributed by atoms with Gasteiger partial charge in [-0.25, -0.2) is 13.4 Å². The zero-order chi connectivity index (χ0) is 21.3. The Hall–Kier alpha value is -3.32. The number of hydrogen-bond donors (Lipinski definition) is 1. The van der Waals surface area contributed by atoms with Crippen molar-refractivity contribution in [1.29, 1.82) is 0 Å². The largest absolute Gasteiger partial charge is 0.494 e. The van der Waals surface area contributed by atoms with Crippen LogP contribution in [0.25, 0.3) is 16.9 Å². The molecule has 0 saturated heterocycles. The van der Waals surface area contributed by atoms with Crippen LogP contribution in [0.1, 0.15) is 18.1 Å². The number of imidazole rings is 1. The number of anilines is 1. The molecule has 0 unspecified atom stereocenters. The molecule has 0 saturated carbocycles. The third-order valence-corrected chi connectivity index (χ3v) is 6.22. The number of pyridine rings is 1. The summed E-state index contributed by atoms with van der Waals surface area (Å²) >= 11 is 0. The van der Waals surface area contributed by atoms with Gasteiger partial charge in [-0.2, -0.15) is 0 Å². The van der Waals surface area contributed by atoms with Crippen LogP contribution in [0, 0.1) is 13.8 Å². The highest BCUT2D eigenvalue weighted by molar-refractivity contribution is 7.92. The number of hydrogen-bond acceptors (Lipinski definition) is 4. The molecule has 0 radical (unpaired) electrons. The van der Waals surface area contributed by atoms with Gasteiger partial charge in [0.15, 0.2) is 0 Å². The van der Waals surface area contributed by atoms with Crippen molar-refractivity contribution in [3.8, 4) is 17.0 Å². The number of nitrogens with one attached hydrogen (secondary N) is 1. The van der Waals surface area contributed by atoms with Crippen LogP contribution in [0.2, 0.25) is 0 Å². The van der Waals surface area contributed by atoms with Crippen LogP contribution in [0.15, 0.2) is 71.9 Å². The van der Waals surface area contributed by atoms with E-state index in [0.717, 1.165) is 28.0 Å². The lowest BCUT2D eigenvalue weighted by atomic mass is 10.1. The normalized spacial score (nSPS) is 11.6. The van der Waals surface area contributed by atoms with Gasteiger partial charge in [0.1, 0.15) is 11.4 Å². The van der Waals surface area contributed by atoms with Gasteiger partial charge in [-0.3, -0.25) is 4.72 Å². The molecule has 0 atom stereocenters. The number of sulfonamides is 1. The molecule has 2 aromatic heterocycles. The van der Waals surface area contributed by atoms with Gasteiger partial charge in [0.05, 0.1) is 17.2 Å². The molecule has 30 heavy (non-hydrogen) atoms. The second kappa shape index (κ2) is 7.84. The zero-order valence-corrected chi connectivity index (χ0v) is 17.9. The number of fused-ring (bicyclic) bond motifs is 1. The maximum absolute atomic E-state index is 12.9. The van der Waals surface area contributed by atoms with Crippen molar-refractivity contribution in [3.63, 3.8) is 0 Å². The summed E-state index contributed by atoms with van der Waals surface area (Å²) in [5.41, 5.74) is 4.82. The highest BCUT2D eigenvalue weighted by Crippen LogP contribution is 2.26. The SMILES string of the molecule is CCOc1ccc(S(=O)(=O)Nc2cccc(-c3cn4cccc(C)c4n3)c2)cc1C. The standard InChI is InChI=1S/C23H23N3O3S/c1-4-29-22-11-10-20(13-17(22)3)30(27,28)25-19-9-5-8-18(14-19)21-15-26-12-6-7-16(2)23(26)24-21/h5-15,25H,4H2,1-3H3. The summed E-state index contributed by atoms with van der Waals surface area (Å²) in [6, 6.07) is 16.1. The summed E-state index contributed by atoms with van der Waals surface area (Å²) < 4.78 is 35.9. The fourth-order valence-corrected chi connectivity index (χ4v) is 4.49. The van der Waals surface area contributed by atoms with E-state index < -0.39 is 10.0 Å². The molecule has 2 aromatic carbocycles. The first kappa shape index (κ1) is 20.0. The quantitative estimate of drug-likeness (QED) is 0.485. The van der Waals surface area contributed by atoms with Crippen LogP contribution in [0.4, 0.5) is 5.69 Å². The Labute approximate surface area is 176 Å². The summed E-state index contributed by atoms with van der Waals surface area (Å²) in [5.74, 6) is 0.681. The first-order valence-corrected chi connectivity index (χ1v) is 11.2. The molecule has 2 heterocycles. The highest BCUT2D eigenvalue weighted by Gasteiger charge is 2.16. The van der Waals surface area contributed by atoms with E-state index in [-0.39, 0.29) is 4.90 Å². The van der Waals surface area contributed by atoms with Crippen LogP contribution < -0.4 is 9.46 Å². The molecule has 154 valence electrons. The van der Waals surface area contributed by atoms with Crippen molar-refractivity contribution >= 4 is 21.4 Å². The lowest BCUT2D eigenvalue weighted by Crippen LogP contribution is -2.13. The molecule has 0 aliphatic rings. The van der Waals surface area contributed by atoms with Crippen molar-refractivity contribution in [3.05, 3.63) is 78.1 Å². The lowest BCUT2D eigenvalue weighted by molar-refractivity contribution is 0.337. The summed E-state index contributed by atoms with van der Waals surface area (Å²) in [6.07, 6.45) is 3.88. The van der Waals surface area contributed by atoms with Crippen LogP contribution in [0.5, 0.6) is 5.75 Å². The Morgan fingerprint density at radius 3 is 2.60 bits per heavy atom. The Kier molecular flexibility index (Phi) is 5.22. The average Bonchev–Trinajstić information content (AvgIpc) is 3.15. The highest BCUT2D eigenvalue weighted by atomic mass is 32.2. The second-order valence-corrected chi connectivity index (χ2v) is 8.78. The maximum atomic E-state index is 12.9. The predicted octanol–water partition coefficient (Wildman–Crippen LogP) is 4.82. The fraction of sp³-hybridized carbons (Fsp3) is 0.174. The van der Waals surface area contributed by atoms with Gasteiger partial charge in [-0.05, 0) is 68.3 Å². The lowest BCUT2D eigenvalue weighted by Gasteiger charge is -2.12. The molecule has 0 aliphatic heterocycles. The van der Waals surface area contributed by atoms with Gasteiger partial charge in [0, 0.05) is 23.6 Å². The predicted molar refractivity (Wildman–Crippen MR) is 119 cm³/mol. The molecule has 6 nitrogen and oxygen atoms in total.